The molecule has 1 aliphatic rings. The first-order valence-electron chi connectivity index (χ1n) is 5.91. The van der Waals surface area contributed by atoms with Gasteiger partial charge < -0.3 is 11.5 Å². The summed E-state index contributed by atoms with van der Waals surface area (Å²) in [5, 5.41) is 0. The van der Waals surface area contributed by atoms with Gasteiger partial charge in [0.2, 0.25) is 0 Å². The van der Waals surface area contributed by atoms with Crippen LogP contribution < -0.4 is 11.5 Å². The fourth-order valence-electron chi connectivity index (χ4n) is 1.92. The van der Waals surface area contributed by atoms with Crippen LogP contribution in [0.25, 0.3) is 0 Å². The number of allylic oxidation sites excluding steroid dienone is 4. The van der Waals surface area contributed by atoms with Crippen LogP contribution in [0.2, 0.25) is 0 Å². The van der Waals surface area contributed by atoms with Crippen LogP contribution in [0.15, 0.2) is 65.9 Å². The molecule has 2 nitrogen and oxygen atoms in total. The Morgan fingerprint density at radius 3 is 2.65 bits per heavy atom. The zero-order chi connectivity index (χ0) is 12.1. The Bertz CT molecular complexity index is 455. The van der Waals surface area contributed by atoms with Crippen LogP contribution in [-0.2, 0) is 0 Å². The molecule has 1 aromatic rings. The molecule has 2 rings (SSSR count). The maximum atomic E-state index is 6.10. The van der Waals surface area contributed by atoms with Crippen molar-refractivity contribution in [2.45, 2.75) is 18.9 Å². The number of hydrogen-bond acceptors (Lipinski definition) is 2. The van der Waals surface area contributed by atoms with E-state index in [2.05, 4.69) is 12.2 Å². The summed E-state index contributed by atoms with van der Waals surface area (Å²) in [4.78, 5) is 0. The van der Waals surface area contributed by atoms with Crippen LogP contribution in [0.3, 0.4) is 0 Å². The van der Waals surface area contributed by atoms with Crippen molar-refractivity contribution in [3.63, 3.8) is 0 Å². The van der Waals surface area contributed by atoms with Gasteiger partial charge in [-0.15, -0.1) is 0 Å². The normalized spacial score (nSPS) is 17.7. The Kier molecular flexibility index (Phi) is 3.78. The van der Waals surface area contributed by atoms with Crippen LogP contribution in [0.5, 0.6) is 0 Å². The molecule has 0 spiro atoms. The second-order valence-electron chi connectivity index (χ2n) is 4.22. The van der Waals surface area contributed by atoms with Gasteiger partial charge in [-0.25, -0.2) is 0 Å². The van der Waals surface area contributed by atoms with Gasteiger partial charge in [-0.1, -0.05) is 48.6 Å². The van der Waals surface area contributed by atoms with E-state index in [1.165, 1.54) is 5.57 Å². The smallest absolute Gasteiger partial charge is 0.0504 e. The van der Waals surface area contributed by atoms with Gasteiger partial charge in [-0.3, -0.25) is 0 Å². The minimum absolute atomic E-state index is 0.136. The molecule has 0 aromatic heterocycles. The first-order valence-corrected chi connectivity index (χ1v) is 5.91. The maximum Gasteiger partial charge on any atom is 0.0504 e. The highest BCUT2D eigenvalue weighted by Crippen LogP contribution is 2.20. The number of nitrogens with two attached hydrogens (primary N) is 2. The molecule has 2 heteroatoms. The van der Waals surface area contributed by atoms with Crippen LogP contribution in [0.1, 0.15) is 24.4 Å². The second kappa shape index (κ2) is 5.51. The van der Waals surface area contributed by atoms with Crippen molar-refractivity contribution in [3.05, 3.63) is 71.5 Å². The monoisotopic (exact) mass is 226 g/mol. The molecule has 4 N–H and O–H groups in total. The molecule has 1 atom stereocenters. The molecular formula is C15H18N2. The Labute approximate surface area is 102 Å². The van der Waals surface area contributed by atoms with Crippen molar-refractivity contribution >= 4 is 0 Å². The first-order chi connectivity index (χ1) is 8.27. The molecule has 0 aliphatic heterocycles. The molecule has 17 heavy (non-hydrogen) atoms. The zero-order valence-electron chi connectivity index (χ0n) is 9.84. The summed E-state index contributed by atoms with van der Waals surface area (Å²) in [6, 6.07) is 9.86. The van der Waals surface area contributed by atoms with Gasteiger partial charge in [-0.2, -0.15) is 0 Å². The van der Waals surface area contributed by atoms with Gasteiger partial charge in [-0.05, 0) is 30.1 Å². The average Bonchev–Trinajstić information content (AvgIpc) is 2.40. The molecule has 0 radical (unpaired) electrons. The van der Waals surface area contributed by atoms with E-state index in [9.17, 15) is 0 Å². The van der Waals surface area contributed by atoms with Crippen LogP contribution in [0.4, 0.5) is 0 Å². The summed E-state index contributed by atoms with van der Waals surface area (Å²) >= 11 is 0. The maximum absolute atomic E-state index is 6.10. The predicted molar refractivity (Wildman–Crippen MR) is 72.1 cm³/mol. The van der Waals surface area contributed by atoms with Crippen molar-refractivity contribution in [2.75, 3.05) is 0 Å². The van der Waals surface area contributed by atoms with Crippen molar-refractivity contribution in [3.8, 4) is 0 Å². The minimum Gasteiger partial charge on any atom is -0.399 e. The molecule has 0 amide bonds. The highest BCUT2D eigenvalue weighted by atomic mass is 14.7. The summed E-state index contributed by atoms with van der Waals surface area (Å²) in [5.41, 5.74) is 15.2. The van der Waals surface area contributed by atoms with Crippen molar-refractivity contribution < 1.29 is 0 Å². The van der Waals surface area contributed by atoms with E-state index in [0.717, 1.165) is 24.1 Å². The minimum atomic E-state index is -0.136. The van der Waals surface area contributed by atoms with E-state index in [-0.39, 0.29) is 6.04 Å². The summed E-state index contributed by atoms with van der Waals surface area (Å²) < 4.78 is 0. The molecule has 0 saturated heterocycles. The standard InChI is InChI=1S/C15H18N2/c16-14(12-7-3-1-4-8-12)11-15(17)13-9-5-2-6-10-13/h1-5,7-9,11,14H,6,10,16-17H2/b15-11-. The molecule has 0 bridgehead atoms. The molecule has 1 unspecified atom stereocenters. The van der Waals surface area contributed by atoms with Gasteiger partial charge in [0.25, 0.3) is 0 Å². The van der Waals surface area contributed by atoms with Gasteiger partial charge >= 0.3 is 0 Å². The fraction of sp³-hybridized carbons (Fsp3) is 0.200. The third-order valence-electron chi connectivity index (χ3n) is 2.93. The second-order valence-corrected chi connectivity index (χ2v) is 4.22. The molecule has 0 heterocycles. The molecular weight excluding hydrogens is 208 g/mol. The molecule has 1 aromatic carbocycles. The van der Waals surface area contributed by atoms with E-state index in [4.69, 9.17) is 11.5 Å². The van der Waals surface area contributed by atoms with E-state index in [1.54, 1.807) is 0 Å². The fourth-order valence-corrected chi connectivity index (χ4v) is 1.92. The van der Waals surface area contributed by atoms with Crippen LogP contribution in [0, 0.1) is 0 Å². The summed E-state index contributed by atoms with van der Waals surface area (Å²) in [6.45, 7) is 0. The van der Waals surface area contributed by atoms with Crippen molar-refractivity contribution in [1.82, 2.24) is 0 Å². The SMILES string of the molecule is N/C(=C\C(N)c1ccccc1)C1=CC=CCC1. The largest absolute Gasteiger partial charge is 0.399 e. The van der Waals surface area contributed by atoms with Gasteiger partial charge in [0.05, 0.1) is 6.04 Å². The Hall–Kier alpha value is -1.80. The lowest BCUT2D eigenvalue weighted by atomic mass is 9.99. The Balaban J connectivity index is 2.13. The van der Waals surface area contributed by atoms with Crippen LogP contribution in [-0.4, -0.2) is 0 Å². The van der Waals surface area contributed by atoms with Crippen molar-refractivity contribution in [1.29, 1.82) is 0 Å². The molecule has 0 fully saturated rings. The van der Waals surface area contributed by atoms with E-state index < -0.39 is 0 Å². The number of rotatable bonds is 3. The quantitative estimate of drug-likeness (QED) is 0.832. The molecule has 88 valence electrons. The van der Waals surface area contributed by atoms with Gasteiger partial charge in [0.15, 0.2) is 0 Å². The Morgan fingerprint density at radius 2 is 2.00 bits per heavy atom. The third-order valence-corrected chi connectivity index (χ3v) is 2.93. The highest BCUT2D eigenvalue weighted by Gasteiger charge is 2.06. The molecule has 0 saturated carbocycles. The van der Waals surface area contributed by atoms with E-state index in [1.807, 2.05) is 42.5 Å². The average molecular weight is 226 g/mol. The first kappa shape index (κ1) is 11.7. The lowest BCUT2D eigenvalue weighted by Gasteiger charge is -2.12. The highest BCUT2D eigenvalue weighted by molar-refractivity contribution is 5.36. The van der Waals surface area contributed by atoms with Crippen LogP contribution >= 0.6 is 0 Å². The Morgan fingerprint density at radius 1 is 1.24 bits per heavy atom. The lowest BCUT2D eigenvalue weighted by molar-refractivity contribution is 0.884. The topological polar surface area (TPSA) is 52.0 Å². The number of benzene rings is 1. The van der Waals surface area contributed by atoms with E-state index >= 15 is 0 Å². The third kappa shape index (κ3) is 3.08. The molecule has 1 aliphatic carbocycles. The number of hydrogen-bond donors (Lipinski definition) is 2. The zero-order valence-corrected chi connectivity index (χ0v) is 9.84. The summed E-state index contributed by atoms with van der Waals surface area (Å²) in [7, 11) is 0. The lowest BCUT2D eigenvalue weighted by Crippen LogP contribution is -2.12. The van der Waals surface area contributed by atoms with E-state index in [0.29, 0.717) is 0 Å². The van der Waals surface area contributed by atoms with Crippen molar-refractivity contribution in [2.24, 2.45) is 11.5 Å². The summed E-state index contributed by atoms with van der Waals surface area (Å²) in [5.74, 6) is 0. The van der Waals surface area contributed by atoms with Gasteiger partial charge in [0.1, 0.15) is 0 Å². The summed E-state index contributed by atoms with van der Waals surface area (Å²) in [6.07, 6.45) is 10.2. The van der Waals surface area contributed by atoms with Gasteiger partial charge in [0, 0.05) is 5.70 Å². The predicted octanol–water partition coefficient (Wildman–Crippen LogP) is 2.81.